The van der Waals surface area contributed by atoms with Gasteiger partial charge < -0.3 is 15.7 Å². The van der Waals surface area contributed by atoms with Crippen LogP contribution in [0.5, 0.6) is 0 Å². The highest BCUT2D eigenvalue weighted by Gasteiger charge is 2.17. The molecule has 0 unspecified atom stereocenters. The van der Waals surface area contributed by atoms with Crippen LogP contribution in [0.25, 0.3) is 11.2 Å². The van der Waals surface area contributed by atoms with Crippen molar-refractivity contribution in [3.8, 4) is 0 Å². The summed E-state index contributed by atoms with van der Waals surface area (Å²) in [5.74, 6) is 1.31. The van der Waals surface area contributed by atoms with Crippen LogP contribution in [0.1, 0.15) is 19.4 Å². The van der Waals surface area contributed by atoms with Crippen LogP contribution in [0.15, 0.2) is 30.3 Å². The van der Waals surface area contributed by atoms with Crippen molar-refractivity contribution in [3.63, 3.8) is 0 Å². The van der Waals surface area contributed by atoms with Gasteiger partial charge in [0.25, 0.3) is 0 Å². The molecule has 3 N–H and O–H groups in total. The molecule has 0 aliphatic heterocycles. The topological polar surface area (TPSA) is 101 Å². The van der Waals surface area contributed by atoms with Crippen LogP contribution >= 0.6 is 0 Å². The maximum absolute atomic E-state index is 9.54. The van der Waals surface area contributed by atoms with E-state index in [1.54, 1.807) is 11.7 Å². The van der Waals surface area contributed by atoms with Gasteiger partial charge in [0.1, 0.15) is 0 Å². The minimum Gasteiger partial charge on any atom is -0.394 e. The number of rotatable bonds is 7. The number of aliphatic hydroxyl groups is 1. The Labute approximate surface area is 146 Å². The van der Waals surface area contributed by atoms with E-state index in [2.05, 4.69) is 30.9 Å². The van der Waals surface area contributed by atoms with Gasteiger partial charge in [-0.1, -0.05) is 49.4 Å². The number of aromatic nitrogens is 5. The lowest BCUT2D eigenvalue weighted by Gasteiger charge is -2.20. The Morgan fingerprint density at radius 3 is 2.60 bits per heavy atom. The van der Waals surface area contributed by atoms with E-state index in [9.17, 15) is 5.11 Å². The highest BCUT2D eigenvalue weighted by atomic mass is 16.3. The van der Waals surface area contributed by atoms with Gasteiger partial charge in [0, 0.05) is 13.6 Å². The number of aryl methyl sites for hydroxylation is 1. The van der Waals surface area contributed by atoms with Crippen molar-refractivity contribution in [3.05, 3.63) is 35.9 Å². The molecule has 0 saturated heterocycles. The molecule has 25 heavy (non-hydrogen) atoms. The Hall–Kier alpha value is -2.74. The number of aliphatic hydroxyl groups excluding tert-OH is 1. The quantitative estimate of drug-likeness (QED) is 0.602. The summed E-state index contributed by atoms with van der Waals surface area (Å²) in [5, 5.41) is 24.2. The van der Waals surface area contributed by atoms with Gasteiger partial charge in [0.2, 0.25) is 5.95 Å². The van der Waals surface area contributed by atoms with Crippen molar-refractivity contribution in [2.24, 2.45) is 13.0 Å². The van der Waals surface area contributed by atoms with Gasteiger partial charge in [-0.3, -0.25) is 0 Å². The maximum Gasteiger partial charge on any atom is 0.227 e. The molecule has 0 amide bonds. The number of benzene rings is 1. The third kappa shape index (κ3) is 3.85. The summed E-state index contributed by atoms with van der Waals surface area (Å²) in [6.07, 6.45) is 0. The highest BCUT2D eigenvalue weighted by Crippen LogP contribution is 2.21. The molecule has 1 atom stereocenters. The first-order chi connectivity index (χ1) is 12.1. The summed E-state index contributed by atoms with van der Waals surface area (Å²) < 4.78 is 1.61. The lowest BCUT2D eigenvalue weighted by Crippen LogP contribution is -2.30. The van der Waals surface area contributed by atoms with Crippen molar-refractivity contribution in [2.45, 2.75) is 26.4 Å². The van der Waals surface area contributed by atoms with Crippen molar-refractivity contribution in [1.29, 1.82) is 0 Å². The summed E-state index contributed by atoms with van der Waals surface area (Å²) in [7, 11) is 1.79. The van der Waals surface area contributed by atoms with E-state index in [4.69, 9.17) is 0 Å². The molecule has 0 aliphatic rings. The first-order valence-electron chi connectivity index (χ1n) is 8.31. The third-order valence-corrected chi connectivity index (χ3v) is 4.07. The molecule has 0 radical (unpaired) electrons. The lowest BCUT2D eigenvalue weighted by atomic mass is 10.1. The number of anilines is 2. The van der Waals surface area contributed by atoms with Crippen LogP contribution in [-0.2, 0) is 13.6 Å². The normalized spacial score (nSPS) is 12.5. The Kier molecular flexibility index (Phi) is 5.08. The molecular weight excluding hydrogens is 318 g/mol. The van der Waals surface area contributed by atoms with Crippen LogP contribution in [0, 0.1) is 5.92 Å². The predicted molar refractivity (Wildman–Crippen MR) is 97.2 cm³/mol. The molecule has 2 aromatic heterocycles. The first kappa shape index (κ1) is 17.1. The van der Waals surface area contributed by atoms with E-state index in [1.807, 2.05) is 44.2 Å². The van der Waals surface area contributed by atoms with Gasteiger partial charge in [-0.2, -0.15) is 9.97 Å². The minimum absolute atomic E-state index is 0.00940. The van der Waals surface area contributed by atoms with Gasteiger partial charge >= 0.3 is 0 Å². The van der Waals surface area contributed by atoms with E-state index in [0.717, 1.165) is 5.56 Å². The van der Waals surface area contributed by atoms with E-state index >= 15 is 0 Å². The molecule has 2 heterocycles. The molecule has 0 saturated carbocycles. The fourth-order valence-electron chi connectivity index (χ4n) is 2.47. The van der Waals surface area contributed by atoms with Gasteiger partial charge in [-0.25, -0.2) is 4.68 Å². The second-order valence-electron chi connectivity index (χ2n) is 6.30. The van der Waals surface area contributed by atoms with Crippen molar-refractivity contribution < 1.29 is 5.11 Å². The average molecular weight is 341 g/mol. The van der Waals surface area contributed by atoms with Gasteiger partial charge in [-0.05, 0) is 11.5 Å². The predicted octanol–water partition coefficient (Wildman–Crippen LogP) is 1.80. The van der Waals surface area contributed by atoms with Gasteiger partial charge in [0.15, 0.2) is 17.0 Å². The van der Waals surface area contributed by atoms with Crippen molar-refractivity contribution >= 4 is 22.9 Å². The molecule has 1 aromatic carbocycles. The number of fused-ring (bicyclic) bond motifs is 1. The monoisotopic (exact) mass is 341 g/mol. The van der Waals surface area contributed by atoms with Crippen molar-refractivity contribution in [2.75, 3.05) is 17.2 Å². The second-order valence-corrected chi connectivity index (χ2v) is 6.30. The van der Waals surface area contributed by atoms with E-state index in [1.165, 1.54) is 0 Å². The Balaban J connectivity index is 1.90. The Morgan fingerprint density at radius 2 is 1.92 bits per heavy atom. The zero-order valence-electron chi connectivity index (χ0n) is 14.6. The summed E-state index contributed by atoms with van der Waals surface area (Å²) >= 11 is 0. The van der Waals surface area contributed by atoms with E-state index < -0.39 is 0 Å². The van der Waals surface area contributed by atoms with Gasteiger partial charge in [0.05, 0.1) is 12.6 Å². The van der Waals surface area contributed by atoms with Gasteiger partial charge in [-0.15, -0.1) is 5.10 Å². The van der Waals surface area contributed by atoms with Crippen molar-refractivity contribution in [1.82, 2.24) is 25.0 Å². The van der Waals surface area contributed by atoms with E-state index in [-0.39, 0.29) is 18.6 Å². The molecular formula is C17H23N7O. The van der Waals surface area contributed by atoms with Crippen LogP contribution < -0.4 is 10.6 Å². The highest BCUT2D eigenvalue weighted by molar-refractivity contribution is 5.83. The molecule has 0 spiro atoms. The average Bonchev–Trinajstić information content (AvgIpc) is 2.99. The molecule has 132 valence electrons. The Bertz CT molecular complexity index is 832. The molecule has 8 nitrogen and oxygen atoms in total. The lowest BCUT2D eigenvalue weighted by molar-refractivity contribution is 0.248. The van der Waals surface area contributed by atoms with Crippen LogP contribution in [0.4, 0.5) is 11.8 Å². The fraction of sp³-hybridized carbons (Fsp3) is 0.412. The molecule has 0 bridgehead atoms. The molecule has 3 rings (SSSR count). The summed E-state index contributed by atoms with van der Waals surface area (Å²) in [6, 6.07) is 9.94. The SMILES string of the molecule is CC(C)[C@H](CO)Nc1nc(NCc2ccccc2)c2nnn(C)c2n1. The zero-order valence-corrected chi connectivity index (χ0v) is 14.6. The van der Waals surface area contributed by atoms with Crippen LogP contribution in [0.2, 0.25) is 0 Å². The number of hydrogen-bond donors (Lipinski definition) is 3. The first-order valence-corrected chi connectivity index (χ1v) is 8.31. The second kappa shape index (κ2) is 7.43. The standard InChI is InChI=1S/C17H23N7O/c1-11(2)13(10-25)19-17-20-15(14-16(21-17)24(3)23-22-14)18-9-12-7-5-4-6-8-12/h4-8,11,13,25H,9-10H2,1-3H3,(H2,18,19,20,21)/t13-/m0/s1. The largest absolute Gasteiger partial charge is 0.394 e. The van der Waals surface area contributed by atoms with Crippen LogP contribution in [-0.4, -0.2) is 42.7 Å². The summed E-state index contributed by atoms with van der Waals surface area (Å²) in [6.45, 7) is 4.70. The van der Waals surface area contributed by atoms with Crippen LogP contribution in [0.3, 0.4) is 0 Å². The third-order valence-electron chi connectivity index (χ3n) is 4.07. The minimum atomic E-state index is -0.124. The van der Waals surface area contributed by atoms with E-state index in [0.29, 0.717) is 29.5 Å². The zero-order chi connectivity index (χ0) is 17.8. The summed E-state index contributed by atoms with van der Waals surface area (Å²) in [5.41, 5.74) is 2.39. The number of hydrogen-bond acceptors (Lipinski definition) is 7. The number of nitrogens with zero attached hydrogens (tertiary/aromatic N) is 5. The number of nitrogens with one attached hydrogen (secondary N) is 2. The molecule has 8 heteroatoms. The Morgan fingerprint density at radius 1 is 1.16 bits per heavy atom. The molecule has 0 fully saturated rings. The molecule has 3 aromatic rings. The molecule has 0 aliphatic carbocycles. The smallest absolute Gasteiger partial charge is 0.227 e. The maximum atomic E-state index is 9.54. The summed E-state index contributed by atoms with van der Waals surface area (Å²) in [4.78, 5) is 9.02. The fourth-order valence-corrected chi connectivity index (χ4v) is 2.47.